The zero-order valence-electron chi connectivity index (χ0n) is 13.5. The van der Waals surface area contributed by atoms with Gasteiger partial charge in [-0.3, -0.25) is 9.59 Å². The standard InChI is InChI=1S/C17H26N2O3/c1-3-22-9-8-17(6-4-5-7-17)12-19-16(21)14-11-18-15(20)10-13(14)2/h10-11H,3-9,12H2,1-2H3,(H,18,20)(H,19,21). The van der Waals surface area contributed by atoms with Gasteiger partial charge in [0.25, 0.3) is 5.91 Å². The number of carbonyl (C=O) groups excluding carboxylic acids is 1. The van der Waals surface area contributed by atoms with Crippen molar-refractivity contribution in [1.29, 1.82) is 0 Å². The number of H-pyrrole nitrogens is 1. The summed E-state index contributed by atoms with van der Waals surface area (Å²) in [7, 11) is 0. The van der Waals surface area contributed by atoms with Crippen LogP contribution in [0.2, 0.25) is 0 Å². The maximum Gasteiger partial charge on any atom is 0.253 e. The molecule has 22 heavy (non-hydrogen) atoms. The number of aryl methyl sites for hydroxylation is 1. The van der Waals surface area contributed by atoms with Crippen LogP contribution in [0, 0.1) is 12.3 Å². The predicted octanol–water partition coefficient (Wildman–Crippen LogP) is 2.40. The molecule has 1 saturated carbocycles. The Morgan fingerprint density at radius 3 is 2.77 bits per heavy atom. The molecule has 1 heterocycles. The summed E-state index contributed by atoms with van der Waals surface area (Å²) < 4.78 is 5.49. The Morgan fingerprint density at radius 2 is 2.14 bits per heavy atom. The van der Waals surface area contributed by atoms with Crippen molar-refractivity contribution in [2.24, 2.45) is 5.41 Å². The van der Waals surface area contributed by atoms with Crippen LogP contribution in [0.1, 0.15) is 54.9 Å². The molecule has 1 amide bonds. The highest BCUT2D eigenvalue weighted by molar-refractivity contribution is 5.95. The van der Waals surface area contributed by atoms with Crippen molar-refractivity contribution in [3.05, 3.63) is 33.7 Å². The van der Waals surface area contributed by atoms with Crippen molar-refractivity contribution in [3.63, 3.8) is 0 Å². The Labute approximate surface area is 131 Å². The fraction of sp³-hybridized carbons (Fsp3) is 0.647. The summed E-state index contributed by atoms with van der Waals surface area (Å²) in [6, 6.07) is 1.45. The molecule has 0 atom stereocenters. The van der Waals surface area contributed by atoms with Gasteiger partial charge in [0.05, 0.1) is 5.56 Å². The number of aromatic nitrogens is 1. The van der Waals surface area contributed by atoms with E-state index in [1.54, 1.807) is 6.92 Å². The highest BCUT2D eigenvalue weighted by atomic mass is 16.5. The van der Waals surface area contributed by atoms with E-state index in [4.69, 9.17) is 4.74 Å². The number of hydrogen-bond acceptors (Lipinski definition) is 3. The molecule has 0 unspecified atom stereocenters. The van der Waals surface area contributed by atoms with Gasteiger partial charge in [0.15, 0.2) is 0 Å². The average Bonchev–Trinajstić information content (AvgIpc) is 2.94. The fourth-order valence-corrected chi connectivity index (χ4v) is 3.25. The molecular formula is C17H26N2O3. The molecule has 2 N–H and O–H groups in total. The maximum atomic E-state index is 12.3. The SMILES string of the molecule is CCOCCC1(CNC(=O)c2c[nH]c(=O)cc2C)CCCC1. The number of carbonyl (C=O) groups is 1. The van der Waals surface area contributed by atoms with E-state index in [-0.39, 0.29) is 16.9 Å². The van der Waals surface area contributed by atoms with Crippen LogP contribution < -0.4 is 10.9 Å². The summed E-state index contributed by atoms with van der Waals surface area (Å²) in [5.74, 6) is -0.114. The molecule has 5 nitrogen and oxygen atoms in total. The molecule has 0 bridgehead atoms. The second-order valence-electron chi connectivity index (χ2n) is 6.23. The number of rotatable bonds is 7. The van der Waals surface area contributed by atoms with Gasteiger partial charge >= 0.3 is 0 Å². The van der Waals surface area contributed by atoms with Crippen LogP contribution in [-0.4, -0.2) is 30.6 Å². The van der Waals surface area contributed by atoms with Gasteiger partial charge in [0.1, 0.15) is 0 Å². The molecule has 0 aromatic carbocycles. The molecule has 1 aliphatic carbocycles. The Kier molecular flexibility index (Phi) is 5.77. The summed E-state index contributed by atoms with van der Waals surface area (Å²) in [5.41, 5.74) is 1.23. The number of hydrogen-bond donors (Lipinski definition) is 2. The molecule has 1 aromatic heterocycles. The minimum absolute atomic E-state index is 0.114. The van der Waals surface area contributed by atoms with Gasteiger partial charge in [-0.2, -0.15) is 0 Å². The summed E-state index contributed by atoms with van der Waals surface area (Å²) in [4.78, 5) is 26.1. The van der Waals surface area contributed by atoms with Crippen LogP contribution in [0.5, 0.6) is 0 Å². The monoisotopic (exact) mass is 306 g/mol. The first kappa shape index (κ1) is 16.7. The first-order valence-electron chi connectivity index (χ1n) is 8.12. The molecule has 122 valence electrons. The van der Waals surface area contributed by atoms with Crippen LogP contribution >= 0.6 is 0 Å². The molecule has 0 aliphatic heterocycles. The maximum absolute atomic E-state index is 12.3. The lowest BCUT2D eigenvalue weighted by Crippen LogP contribution is -2.37. The third kappa shape index (κ3) is 4.19. The Balaban J connectivity index is 1.96. The summed E-state index contributed by atoms with van der Waals surface area (Å²) in [6.45, 7) is 5.95. The first-order chi connectivity index (χ1) is 10.6. The summed E-state index contributed by atoms with van der Waals surface area (Å²) in [5, 5.41) is 3.05. The Morgan fingerprint density at radius 1 is 1.41 bits per heavy atom. The average molecular weight is 306 g/mol. The lowest BCUT2D eigenvalue weighted by Gasteiger charge is -2.29. The lowest BCUT2D eigenvalue weighted by atomic mass is 9.83. The van der Waals surface area contributed by atoms with E-state index in [1.165, 1.54) is 25.1 Å². The summed E-state index contributed by atoms with van der Waals surface area (Å²) >= 11 is 0. The van der Waals surface area contributed by atoms with E-state index in [0.717, 1.165) is 32.5 Å². The van der Waals surface area contributed by atoms with Gasteiger partial charge < -0.3 is 15.0 Å². The number of ether oxygens (including phenoxy) is 1. The lowest BCUT2D eigenvalue weighted by molar-refractivity contribution is 0.0862. The van der Waals surface area contributed by atoms with E-state index in [1.807, 2.05) is 6.92 Å². The van der Waals surface area contributed by atoms with E-state index in [9.17, 15) is 9.59 Å². The molecule has 2 rings (SSSR count). The van der Waals surface area contributed by atoms with E-state index >= 15 is 0 Å². The van der Waals surface area contributed by atoms with Crippen LogP contribution in [0.4, 0.5) is 0 Å². The molecule has 1 aromatic rings. The van der Waals surface area contributed by atoms with E-state index in [0.29, 0.717) is 17.7 Å². The van der Waals surface area contributed by atoms with E-state index in [2.05, 4.69) is 10.3 Å². The Hall–Kier alpha value is -1.62. The minimum atomic E-state index is -0.182. The van der Waals surface area contributed by atoms with Crippen molar-refractivity contribution in [2.45, 2.75) is 46.0 Å². The zero-order valence-corrected chi connectivity index (χ0v) is 13.5. The Bertz CT molecular complexity index is 559. The largest absolute Gasteiger partial charge is 0.382 e. The van der Waals surface area contributed by atoms with Crippen LogP contribution in [-0.2, 0) is 4.74 Å². The number of pyridine rings is 1. The third-order valence-corrected chi connectivity index (χ3v) is 4.64. The van der Waals surface area contributed by atoms with Crippen molar-refractivity contribution >= 4 is 5.91 Å². The van der Waals surface area contributed by atoms with Crippen LogP contribution in [0.25, 0.3) is 0 Å². The van der Waals surface area contributed by atoms with Gasteiger partial charge in [-0.1, -0.05) is 12.8 Å². The minimum Gasteiger partial charge on any atom is -0.382 e. The van der Waals surface area contributed by atoms with Crippen LogP contribution in [0.15, 0.2) is 17.1 Å². The molecule has 0 saturated heterocycles. The van der Waals surface area contributed by atoms with Crippen molar-refractivity contribution in [3.8, 4) is 0 Å². The molecular weight excluding hydrogens is 280 g/mol. The molecule has 0 radical (unpaired) electrons. The number of aromatic amines is 1. The number of nitrogens with one attached hydrogen (secondary N) is 2. The highest BCUT2D eigenvalue weighted by Gasteiger charge is 2.33. The smallest absolute Gasteiger partial charge is 0.253 e. The van der Waals surface area contributed by atoms with Gasteiger partial charge in [-0.05, 0) is 44.1 Å². The quantitative estimate of drug-likeness (QED) is 0.760. The highest BCUT2D eigenvalue weighted by Crippen LogP contribution is 2.40. The fourth-order valence-electron chi connectivity index (χ4n) is 3.25. The first-order valence-corrected chi connectivity index (χ1v) is 8.12. The second-order valence-corrected chi connectivity index (χ2v) is 6.23. The molecule has 1 fully saturated rings. The van der Waals surface area contributed by atoms with Gasteiger partial charge in [0.2, 0.25) is 5.56 Å². The van der Waals surface area contributed by atoms with Crippen molar-refractivity contribution in [1.82, 2.24) is 10.3 Å². The van der Waals surface area contributed by atoms with Gasteiger partial charge in [-0.15, -0.1) is 0 Å². The van der Waals surface area contributed by atoms with Crippen molar-refractivity contribution in [2.75, 3.05) is 19.8 Å². The molecule has 5 heteroatoms. The second kappa shape index (κ2) is 7.58. The van der Waals surface area contributed by atoms with Gasteiger partial charge in [0, 0.05) is 32.0 Å². The zero-order chi connectivity index (χ0) is 16.0. The topological polar surface area (TPSA) is 71.2 Å². The summed E-state index contributed by atoms with van der Waals surface area (Å²) in [6.07, 6.45) is 7.22. The number of amides is 1. The normalized spacial score (nSPS) is 16.6. The van der Waals surface area contributed by atoms with E-state index < -0.39 is 0 Å². The van der Waals surface area contributed by atoms with Gasteiger partial charge in [-0.25, -0.2) is 0 Å². The van der Waals surface area contributed by atoms with Crippen molar-refractivity contribution < 1.29 is 9.53 Å². The van der Waals surface area contributed by atoms with Crippen LogP contribution in [0.3, 0.4) is 0 Å². The molecule has 0 spiro atoms. The third-order valence-electron chi connectivity index (χ3n) is 4.64. The predicted molar refractivity (Wildman–Crippen MR) is 86.1 cm³/mol. The molecule has 1 aliphatic rings.